The van der Waals surface area contributed by atoms with Gasteiger partial charge >= 0.3 is 5.97 Å². The third kappa shape index (κ3) is 5.23. The summed E-state index contributed by atoms with van der Waals surface area (Å²) in [6, 6.07) is 27.9. The normalized spacial score (nSPS) is 10.4. The second-order valence-electron chi connectivity index (χ2n) is 5.63. The van der Waals surface area contributed by atoms with E-state index in [2.05, 4.69) is 36.4 Å². The van der Waals surface area contributed by atoms with Gasteiger partial charge in [-0.3, -0.25) is 0 Å². The molecule has 3 aromatic rings. The van der Waals surface area contributed by atoms with Gasteiger partial charge in [0, 0.05) is 9.79 Å². The number of carbonyl (C=O) groups excluding carboxylic acids is 1. The van der Waals surface area contributed by atoms with Crippen molar-refractivity contribution < 1.29 is 9.53 Å². The molecule has 0 bridgehead atoms. The van der Waals surface area contributed by atoms with Crippen LogP contribution in [-0.2, 0) is 11.2 Å². The van der Waals surface area contributed by atoms with Crippen molar-refractivity contribution in [2.24, 2.45) is 0 Å². The summed E-state index contributed by atoms with van der Waals surface area (Å²) in [5.41, 5.74) is 1.88. The van der Waals surface area contributed by atoms with E-state index in [9.17, 15) is 4.79 Å². The van der Waals surface area contributed by atoms with Gasteiger partial charge in [-0.15, -0.1) is 0 Å². The fraction of sp³-hybridized carbons (Fsp3) is 0.136. The molecule has 2 nitrogen and oxygen atoms in total. The van der Waals surface area contributed by atoms with Gasteiger partial charge in [0.25, 0.3) is 0 Å². The minimum atomic E-state index is -0.257. The summed E-state index contributed by atoms with van der Waals surface area (Å²) in [7, 11) is 0. The number of rotatable bonds is 7. The first-order valence-electron chi connectivity index (χ1n) is 8.36. The number of carbonyl (C=O) groups is 1. The van der Waals surface area contributed by atoms with Crippen LogP contribution in [0.15, 0.2) is 94.7 Å². The Morgan fingerprint density at radius 2 is 1.44 bits per heavy atom. The molecule has 0 aliphatic rings. The van der Waals surface area contributed by atoms with Crippen molar-refractivity contribution in [3.05, 3.63) is 96.1 Å². The van der Waals surface area contributed by atoms with E-state index in [0.29, 0.717) is 12.2 Å². The standard InChI is InChI=1S/C22H20O2S/c23-22(19-11-3-1-4-12-19)24-17-9-13-18-10-7-8-16-21(18)25-20-14-5-2-6-15-20/h1-8,10-12,14-16H,9,13,17H2. The molecule has 126 valence electrons. The zero-order chi connectivity index (χ0) is 17.3. The van der Waals surface area contributed by atoms with E-state index in [4.69, 9.17) is 4.74 Å². The number of hydrogen-bond acceptors (Lipinski definition) is 3. The van der Waals surface area contributed by atoms with Crippen LogP contribution in [0.5, 0.6) is 0 Å². The molecule has 0 amide bonds. The summed E-state index contributed by atoms with van der Waals surface area (Å²) < 4.78 is 5.36. The SMILES string of the molecule is O=C(OCCCc1ccccc1Sc1ccccc1)c1ccccc1. The highest BCUT2D eigenvalue weighted by Crippen LogP contribution is 2.30. The van der Waals surface area contributed by atoms with Crippen LogP contribution in [0.1, 0.15) is 22.3 Å². The topological polar surface area (TPSA) is 26.3 Å². The minimum absolute atomic E-state index is 0.257. The van der Waals surface area contributed by atoms with Crippen LogP contribution in [0.4, 0.5) is 0 Å². The lowest BCUT2D eigenvalue weighted by molar-refractivity contribution is 0.0500. The van der Waals surface area contributed by atoms with E-state index in [1.807, 2.05) is 36.4 Å². The number of benzene rings is 3. The summed E-state index contributed by atoms with van der Waals surface area (Å²) in [4.78, 5) is 14.4. The van der Waals surface area contributed by atoms with Crippen LogP contribution in [0.3, 0.4) is 0 Å². The van der Waals surface area contributed by atoms with Gasteiger partial charge < -0.3 is 4.74 Å². The highest BCUT2D eigenvalue weighted by atomic mass is 32.2. The summed E-state index contributed by atoms with van der Waals surface area (Å²) in [6.07, 6.45) is 1.70. The van der Waals surface area contributed by atoms with Crippen molar-refractivity contribution in [1.29, 1.82) is 0 Å². The maximum absolute atomic E-state index is 11.9. The first-order chi connectivity index (χ1) is 12.3. The predicted octanol–water partition coefficient (Wildman–Crippen LogP) is 5.63. The van der Waals surface area contributed by atoms with Gasteiger partial charge in [-0.2, -0.15) is 0 Å². The lowest BCUT2D eigenvalue weighted by atomic mass is 10.1. The second kappa shape index (κ2) is 9.09. The van der Waals surface area contributed by atoms with E-state index in [1.54, 1.807) is 23.9 Å². The van der Waals surface area contributed by atoms with E-state index in [0.717, 1.165) is 12.8 Å². The van der Waals surface area contributed by atoms with Crippen molar-refractivity contribution in [1.82, 2.24) is 0 Å². The van der Waals surface area contributed by atoms with Crippen LogP contribution >= 0.6 is 11.8 Å². The molecule has 0 saturated carbocycles. The van der Waals surface area contributed by atoms with E-state index in [1.165, 1.54) is 15.4 Å². The lowest BCUT2D eigenvalue weighted by Crippen LogP contribution is -2.07. The highest BCUT2D eigenvalue weighted by molar-refractivity contribution is 7.99. The predicted molar refractivity (Wildman–Crippen MR) is 102 cm³/mol. The monoisotopic (exact) mass is 348 g/mol. The highest BCUT2D eigenvalue weighted by Gasteiger charge is 2.07. The zero-order valence-electron chi connectivity index (χ0n) is 13.9. The van der Waals surface area contributed by atoms with E-state index in [-0.39, 0.29) is 5.97 Å². The molecule has 0 radical (unpaired) electrons. The molecule has 3 aromatic carbocycles. The van der Waals surface area contributed by atoms with Crippen LogP contribution in [0.25, 0.3) is 0 Å². The fourth-order valence-corrected chi connectivity index (χ4v) is 3.51. The minimum Gasteiger partial charge on any atom is -0.462 e. The summed E-state index contributed by atoms with van der Waals surface area (Å²) >= 11 is 1.77. The van der Waals surface area contributed by atoms with Crippen molar-refractivity contribution >= 4 is 17.7 Å². The van der Waals surface area contributed by atoms with Crippen LogP contribution in [0.2, 0.25) is 0 Å². The molecule has 3 heteroatoms. The van der Waals surface area contributed by atoms with Crippen LogP contribution < -0.4 is 0 Å². The fourth-order valence-electron chi connectivity index (χ4n) is 2.51. The molecule has 0 atom stereocenters. The molecule has 0 N–H and O–H groups in total. The molecule has 0 aliphatic carbocycles. The number of ether oxygens (including phenoxy) is 1. The molecule has 3 rings (SSSR count). The molecular weight excluding hydrogens is 328 g/mol. The molecular formula is C22H20O2S. The number of aryl methyl sites for hydroxylation is 1. The van der Waals surface area contributed by atoms with Gasteiger partial charge in [-0.25, -0.2) is 4.79 Å². The van der Waals surface area contributed by atoms with E-state index >= 15 is 0 Å². The molecule has 0 saturated heterocycles. The quantitative estimate of drug-likeness (QED) is 0.409. The van der Waals surface area contributed by atoms with Gasteiger partial charge in [-0.1, -0.05) is 66.4 Å². The van der Waals surface area contributed by atoms with Crippen molar-refractivity contribution in [2.75, 3.05) is 6.61 Å². The molecule has 0 aliphatic heterocycles. The van der Waals surface area contributed by atoms with Crippen molar-refractivity contribution in [3.8, 4) is 0 Å². The summed E-state index contributed by atoms with van der Waals surface area (Å²) in [5.74, 6) is -0.257. The maximum Gasteiger partial charge on any atom is 0.338 e. The summed E-state index contributed by atoms with van der Waals surface area (Å²) in [6.45, 7) is 0.429. The van der Waals surface area contributed by atoms with E-state index < -0.39 is 0 Å². The first-order valence-corrected chi connectivity index (χ1v) is 9.17. The molecule has 0 spiro atoms. The Balaban J connectivity index is 1.52. The van der Waals surface area contributed by atoms with Crippen LogP contribution in [-0.4, -0.2) is 12.6 Å². The largest absolute Gasteiger partial charge is 0.462 e. The van der Waals surface area contributed by atoms with Crippen molar-refractivity contribution in [3.63, 3.8) is 0 Å². The second-order valence-corrected chi connectivity index (χ2v) is 6.74. The van der Waals surface area contributed by atoms with Crippen LogP contribution in [0, 0.1) is 0 Å². The Labute approximate surface area is 152 Å². The van der Waals surface area contributed by atoms with Crippen molar-refractivity contribution in [2.45, 2.75) is 22.6 Å². The first kappa shape index (κ1) is 17.3. The molecule has 0 fully saturated rings. The Morgan fingerprint density at radius 3 is 2.20 bits per heavy atom. The smallest absolute Gasteiger partial charge is 0.338 e. The Kier molecular flexibility index (Phi) is 6.29. The lowest BCUT2D eigenvalue weighted by Gasteiger charge is -2.09. The zero-order valence-corrected chi connectivity index (χ0v) is 14.7. The van der Waals surface area contributed by atoms with Gasteiger partial charge in [0.2, 0.25) is 0 Å². The average Bonchev–Trinajstić information content (AvgIpc) is 2.68. The Hall–Kier alpha value is -2.52. The van der Waals surface area contributed by atoms with Gasteiger partial charge in [0.1, 0.15) is 0 Å². The average molecular weight is 348 g/mol. The number of esters is 1. The Bertz CT molecular complexity index is 801. The van der Waals surface area contributed by atoms with Gasteiger partial charge in [0.05, 0.1) is 12.2 Å². The molecule has 25 heavy (non-hydrogen) atoms. The molecule has 0 unspecified atom stereocenters. The maximum atomic E-state index is 11.9. The summed E-state index contributed by atoms with van der Waals surface area (Å²) in [5, 5.41) is 0. The third-order valence-corrected chi connectivity index (χ3v) is 4.90. The molecule has 0 aromatic heterocycles. The Morgan fingerprint density at radius 1 is 0.800 bits per heavy atom. The number of hydrogen-bond donors (Lipinski definition) is 0. The molecule has 0 heterocycles. The van der Waals surface area contributed by atoms with Gasteiger partial charge in [-0.05, 0) is 48.7 Å². The third-order valence-electron chi connectivity index (χ3n) is 3.78. The van der Waals surface area contributed by atoms with Gasteiger partial charge in [0.15, 0.2) is 0 Å².